The van der Waals surface area contributed by atoms with Crippen molar-refractivity contribution in [2.45, 2.75) is 30.0 Å². The van der Waals surface area contributed by atoms with Gasteiger partial charge in [0.2, 0.25) is 0 Å². The zero-order valence-corrected chi connectivity index (χ0v) is 22.8. The fraction of sp³-hybridized carbons (Fsp3) is 0.100. The van der Waals surface area contributed by atoms with Crippen molar-refractivity contribution >= 4 is 39.7 Å². The SMILES string of the molecule is Cc1nc(Sc2nc3ccccc3[nH]2)nc2c1ccc(=O)n2-c1ccc(C(=O)NCc2ccc(C(F)(F)F)cc2)cc1. The van der Waals surface area contributed by atoms with Crippen LogP contribution in [0.15, 0.2) is 100 Å². The van der Waals surface area contributed by atoms with Crippen molar-refractivity contribution in [2.75, 3.05) is 0 Å². The van der Waals surface area contributed by atoms with Gasteiger partial charge in [0.1, 0.15) is 0 Å². The van der Waals surface area contributed by atoms with Gasteiger partial charge in [0, 0.05) is 23.6 Å². The van der Waals surface area contributed by atoms with E-state index < -0.39 is 17.6 Å². The first kappa shape index (κ1) is 27.2. The van der Waals surface area contributed by atoms with Gasteiger partial charge in [-0.25, -0.2) is 15.0 Å². The highest BCUT2D eigenvalue weighted by atomic mass is 32.2. The van der Waals surface area contributed by atoms with Gasteiger partial charge in [-0.1, -0.05) is 24.3 Å². The molecule has 1 amide bonds. The number of carbonyl (C=O) groups excluding carboxylic acids is 1. The molecule has 3 aromatic heterocycles. The molecule has 0 atom stereocenters. The number of fused-ring (bicyclic) bond motifs is 2. The first-order valence-corrected chi connectivity index (χ1v) is 13.6. The lowest BCUT2D eigenvalue weighted by Crippen LogP contribution is -2.23. The predicted molar refractivity (Wildman–Crippen MR) is 153 cm³/mol. The number of halogens is 3. The third-order valence-corrected chi connectivity index (χ3v) is 7.35. The number of aryl methyl sites for hydroxylation is 1. The lowest BCUT2D eigenvalue weighted by molar-refractivity contribution is -0.137. The molecule has 0 unspecified atom stereocenters. The van der Waals surface area contributed by atoms with Gasteiger partial charge in [-0.05, 0) is 78.8 Å². The van der Waals surface area contributed by atoms with Crippen molar-refractivity contribution < 1.29 is 18.0 Å². The highest BCUT2D eigenvalue weighted by molar-refractivity contribution is 7.99. The van der Waals surface area contributed by atoms with Crippen LogP contribution in [0, 0.1) is 6.92 Å². The van der Waals surface area contributed by atoms with E-state index in [0.717, 1.165) is 23.2 Å². The second kappa shape index (κ2) is 10.8. The van der Waals surface area contributed by atoms with Gasteiger partial charge in [0.25, 0.3) is 11.5 Å². The normalized spacial score (nSPS) is 11.7. The summed E-state index contributed by atoms with van der Waals surface area (Å²) in [6, 6.07) is 21.8. The number of alkyl halides is 3. The molecule has 0 fully saturated rings. The number of hydrogen-bond donors (Lipinski definition) is 2. The maximum atomic E-state index is 13.0. The van der Waals surface area contributed by atoms with Crippen LogP contribution in [-0.4, -0.2) is 30.4 Å². The summed E-state index contributed by atoms with van der Waals surface area (Å²) < 4.78 is 39.8. The van der Waals surface area contributed by atoms with Gasteiger partial charge >= 0.3 is 6.18 Å². The van der Waals surface area contributed by atoms with E-state index in [0.29, 0.717) is 43.9 Å². The lowest BCUT2D eigenvalue weighted by Gasteiger charge is -2.12. The van der Waals surface area contributed by atoms with Gasteiger partial charge in [-0.15, -0.1) is 0 Å². The molecule has 2 N–H and O–H groups in total. The monoisotopic (exact) mass is 586 g/mol. The lowest BCUT2D eigenvalue weighted by atomic mass is 10.1. The largest absolute Gasteiger partial charge is 0.416 e. The van der Waals surface area contributed by atoms with Crippen LogP contribution in [-0.2, 0) is 12.7 Å². The van der Waals surface area contributed by atoms with Crippen molar-refractivity contribution in [2.24, 2.45) is 0 Å². The van der Waals surface area contributed by atoms with E-state index in [2.05, 4.69) is 25.3 Å². The van der Waals surface area contributed by atoms with Crippen molar-refractivity contribution in [3.8, 4) is 5.69 Å². The number of hydrogen-bond acceptors (Lipinski definition) is 6. The van der Waals surface area contributed by atoms with Gasteiger partial charge in [0.15, 0.2) is 16.0 Å². The Morgan fingerprint density at radius 3 is 2.38 bits per heavy atom. The average molecular weight is 587 g/mol. The van der Waals surface area contributed by atoms with Crippen LogP contribution in [0.1, 0.15) is 27.2 Å². The summed E-state index contributed by atoms with van der Waals surface area (Å²) in [5.74, 6) is -0.408. The summed E-state index contributed by atoms with van der Waals surface area (Å²) in [4.78, 5) is 42.8. The molecule has 8 nitrogen and oxygen atoms in total. The highest BCUT2D eigenvalue weighted by Crippen LogP contribution is 2.29. The number of benzene rings is 3. The number of nitrogens with one attached hydrogen (secondary N) is 2. The molecule has 0 bridgehead atoms. The Labute approximate surface area is 240 Å². The van der Waals surface area contributed by atoms with Crippen LogP contribution in [0.25, 0.3) is 27.8 Å². The average Bonchev–Trinajstić information content (AvgIpc) is 3.38. The molecule has 0 saturated carbocycles. The Morgan fingerprint density at radius 2 is 1.67 bits per heavy atom. The quantitative estimate of drug-likeness (QED) is 0.230. The predicted octanol–water partition coefficient (Wildman–Crippen LogP) is 6.07. The molecule has 0 aliphatic rings. The molecule has 42 heavy (non-hydrogen) atoms. The number of para-hydroxylation sites is 2. The maximum Gasteiger partial charge on any atom is 0.416 e. The minimum atomic E-state index is -4.42. The fourth-order valence-electron chi connectivity index (χ4n) is 4.46. The van der Waals surface area contributed by atoms with E-state index in [1.54, 1.807) is 30.3 Å². The van der Waals surface area contributed by atoms with Gasteiger partial charge in [0.05, 0.1) is 28.0 Å². The number of carbonyl (C=O) groups is 1. The van der Waals surface area contributed by atoms with E-state index in [-0.39, 0.29) is 12.1 Å². The van der Waals surface area contributed by atoms with Crippen LogP contribution in [0.3, 0.4) is 0 Å². The number of aromatic nitrogens is 5. The Morgan fingerprint density at radius 1 is 0.929 bits per heavy atom. The number of pyridine rings is 1. The second-order valence-electron chi connectivity index (χ2n) is 9.42. The van der Waals surface area contributed by atoms with Crippen LogP contribution in [0.4, 0.5) is 13.2 Å². The molecule has 3 heterocycles. The Bertz CT molecular complexity index is 1970. The van der Waals surface area contributed by atoms with E-state index in [9.17, 15) is 22.8 Å². The van der Waals surface area contributed by atoms with Gasteiger partial charge in [-0.3, -0.25) is 14.2 Å². The molecule has 210 valence electrons. The smallest absolute Gasteiger partial charge is 0.348 e. The number of rotatable bonds is 6. The van der Waals surface area contributed by atoms with E-state index in [4.69, 9.17) is 0 Å². The molecule has 0 aliphatic carbocycles. The summed E-state index contributed by atoms with van der Waals surface area (Å²) >= 11 is 1.25. The summed E-state index contributed by atoms with van der Waals surface area (Å²) in [6.45, 7) is 1.90. The van der Waals surface area contributed by atoms with Crippen molar-refractivity contribution in [3.63, 3.8) is 0 Å². The minimum absolute atomic E-state index is 0.0589. The van der Waals surface area contributed by atoms with Gasteiger partial charge < -0.3 is 10.3 Å². The first-order chi connectivity index (χ1) is 20.2. The zero-order chi connectivity index (χ0) is 29.4. The Kier molecular flexibility index (Phi) is 6.99. The number of aromatic amines is 1. The van der Waals surface area contributed by atoms with E-state index in [1.165, 1.54) is 34.5 Å². The van der Waals surface area contributed by atoms with Crippen LogP contribution in [0.5, 0.6) is 0 Å². The molecular formula is C30H21F3N6O2S. The summed E-state index contributed by atoms with van der Waals surface area (Å²) in [6.07, 6.45) is -4.42. The first-order valence-electron chi connectivity index (χ1n) is 12.7. The molecule has 6 aromatic rings. The molecule has 0 saturated heterocycles. The summed E-state index contributed by atoms with van der Waals surface area (Å²) in [7, 11) is 0. The van der Waals surface area contributed by atoms with Crippen LogP contribution < -0.4 is 10.9 Å². The molecule has 0 aliphatic heterocycles. The molecule has 3 aromatic carbocycles. The molecule has 12 heteroatoms. The molecular weight excluding hydrogens is 565 g/mol. The number of H-pyrrole nitrogens is 1. The second-order valence-corrected chi connectivity index (χ2v) is 10.4. The van der Waals surface area contributed by atoms with Gasteiger partial charge in [-0.2, -0.15) is 13.2 Å². The van der Waals surface area contributed by atoms with Crippen molar-refractivity contribution in [3.05, 3.63) is 118 Å². The number of imidazole rings is 1. The highest BCUT2D eigenvalue weighted by Gasteiger charge is 2.29. The van der Waals surface area contributed by atoms with E-state index >= 15 is 0 Å². The zero-order valence-electron chi connectivity index (χ0n) is 21.9. The maximum absolute atomic E-state index is 13.0. The third kappa shape index (κ3) is 5.48. The topological polar surface area (TPSA) is 106 Å². The summed E-state index contributed by atoms with van der Waals surface area (Å²) in [5.41, 5.74) is 3.10. The van der Waals surface area contributed by atoms with Crippen molar-refractivity contribution in [1.29, 1.82) is 0 Å². The molecule has 6 rings (SSSR count). The molecule has 0 radical (unpaired) electrons. The van der Waals surface area contributed by atoms with E-state index in [1.807, 2.05) is 31.2 Å². The Hall–Kier alpha value is -4.97. The third-order valence-electron chi connectivity index (χ3n) is 6.60. The molecule has 0 spiro atoms. The minimum Gasteiger partial charge on any atom is -0.348 e. The number of nitrogens with zero attached hydrogens (tertiary/aromatic N) is 4. The fourth-order valence-corrected chi connectivity index (χ4v) is 5.25. The Balaban J connectivity index is 1.24. The van der Waals surface area contributed by atoms with Crippen LogP contribution in [0.2, 0.25) is 0 Å². The summed E-state index contributed by atoms with van der Waals surface area (Å²) in [5, 5.41) is 4.43. The van der Waals surface area contributed by atoms with Crippen molar-refractivity contribution in [1.82, 2.24) is 29.8 Å². The number of amides is 1. The standard InChI is InChI=1S/C30H21F3N6O2S/c1-17-22-14-15-25(40)39(26(22)38-28(35-17)42-29-36-23-4-2-3-5-24(23)37-29)21-12-8-19(9-13-21)27(41)34-16-18-6-10-20(11-7-18)30(31,32)33/h2-15H,16H2,1H3,(H,34,41)(H,36,37). The van der Waals surface area contributed by atoms with Crippen LogP contribution >= 0.6 is 11.8 Å².